The molecule has 0 unspecified atom stereocenters. The van der Waals surface area contributed by atoms with Crippen LogP contribution in [0.4, 0.5) is 0 Å². The number of hydrogen-bond acceptors (Lipinski definition) is 2. The summed E-state index contributed by atoms with van der Waals surface area (Å²) in [5.41, 5.74) is 0.899. The summed E-state index contributed by atoms with van der Waals surface area (Å²) in [5, 5.41) is 4.76. The van der Waals surface area contributed by atoms with E-state index >= 15 is 0 Å². The van der Waals surface area contributed by atoms with Crippen LogP contribution in [0.2, 0.25) is 5.02 Å². The third-order valence-corrected chi connectivity index (χ3v) is 2.79. The molecular weight excluding hydrogens is 226 g/mol. The first-order chi connectivity index (χ1) is 7.60. The lowest BCUT2D eigenvalue weighted by atomic mass is 10.3. The van der Waals surface area contributed by atoms with Crippen molar-refractivity contribution in [1.82, 2.24) is 14.7 Å². The number of hydrogen-bond donors (Lipinski definition) is 0. The summed E-state index contributed by atoms with van der Waals surface area (Å²) in [6.07, 6.45) is 3.07. The van der Waals surface area contributed by atoms with E-state index in [0.717, 1.165) is 18.7 Å². The van der Waals surface area contributed by atoms with Crippen LogP contribution in [-0.2, 0) is 17.9 Å². The van der Waals surface area contributed by atoms with Crippen molar-refractivity contribution in [3.05, 3.63) is 16.9 Å². The van der Waals surface area contributed by atoms with Gasteiger partial charge in [-0.2, -0.15) is 5.10 Å². The van der Waals surface area contributed by atoms with Gasteiger partial charge in [0.15, 0.2) is 0 Å². The SMILES string of the molecule is CCCC(=O)N(C)Cc1c(Cl)cnn1CC. The monoisotopic (exact) mass is 243 g/mol. The smallest absolute Gasteiger partial charge is 0.222 e. The number of amides is 1. The molecule has 1 rings (SSSR count). The summed E-state index contributed by atoms with van der Waals surface area (Å²) in [7, 11) is 1.79. The Balaban J connectivity index is 2.72. The lowest BCUT2D eigenvalue weighted by Gasteiger charge is -2.17. The van der Waals surface area contributed by atoms with Gasteiger partial charge in [0.2, 0.25) is 5.91 Å². The van der Waals surface area contributed by atoms with Crippen LogP contribution in [0.15, 0.2) is 6.20 Å². The molecular formula is C11H18ClN3O. The van der Waals surface area contributed by atoms with Gasteiger partial charge in [0, 0.05) is 20.0 Å². The summed E-state index contributed by atoms with van der Waals surface area (Å²) < 4.78 is 1.82. The molecule has 0 fully saturated rings. The molecule has 1 heterocycles. The Labute approximate surface area is 101 Å². The number of halogens is 1. The molecule has 16 heavy (non-hydrogen) atoms. The molecule has 0 spiro atoms. The van der Waals surface area contributed by atoms with Gasteiger partial charge in [-0.3, -0.25) is 9.48 Å². The van der Waals surface area contributed by atoms with E-state index in [4.69, 9.17) is 11.6 Å². The van der Waals surface area contributed by atoms with Crippen molar-refractivity contribution in [2.45, 2.75) is 39.8 Å². The van der Waals surface area contributed by atoms with Crippen molar-refractivity contribution < 1.29 is 4.79 Å². The second kappa shape index (κ2) is 5.89. The van der Waals surface area contributed by atoms with Crippen LogP contribution in [0.5, 0.6) is 0 Å². The predicted octanol–water partition coefficient (Wildman–Crippen LogP) is 2.31. The first-order valence-corrected chi connectivity index (χ1v) is 5.92. The maximum atomic E-state index is 11.6. The van der Waals surface area contributed by atoms with Crippen molar-refractivity contribution >= 4 is 17.5 Å². The van der Waals surface area contributed by atoms with Crippen LogP contribution in [0, 0.1) is 0 Å². The van der Waals surface area contributed by atoms with Gasteiger partial charge in [-0.25, -0.2) is 0 Å². The molecule has 0 aliphatic heterocycles. The zero-order valence-corrected chi connectivity index (χ0v) is 10.8. The summed E-state index contributed by atoms with van der Waals surface area (Å²) in [6, 6.07) is 0. The van der Waals surface area contributed by atoms with Gasteiger partial charge >= 0.3 is 0 Å². The third kappa shape index (κ3) is 2.98. The summed E-state index contributed by atoms with van der Waals surface area (Å²) in [4.78, 5) is 13.3. The zero-order chi connectivity index (χ0) is 12.1. The van der Waals surface area contributed by atoms with Crippen molar-refractivity contribution in [1.29, 1.82) is 0 Å². The van der Waals surface area contributed by atoms with E-state index in [2.05, 4.69) is 5.10 Å². The maximum absolute atomic E-state index is 11.6. The fourth-order valence-corrected chi connectivity index (χ4v) is 1.74. The average molecular weight is 244 g/mol. The Hall–Kier alpha value is -1.03. The highest BCUT2D eigenvalue weighted by Crippen LogP contribution is 2.17. The van der Waals surface area contributed by atoms with E-state index in [1.807, 2.05) is 18.5 Å². The van der Waals surface area contributed by atoms with Crippen LogP contribution in [0.3, 0.4) is 0 Å². The molecule has 1 aromatic rings. The molecule has 4 nitrogen and oxygen atoms in total. The molecule has 0 bridgehead atoms. The molecule has 90 valence electrons. The quantitative estimate of drug-likeness (QED) is 0.796. The first-order valence-electron chi connectivity index (χ1n) is 5.54. The van der Waals surface area contributed by atoms with Gasteiger partial charge in [-0.1, -0.05) is 18.5 Å². The third-order valence-electron chi connectivity index (χ3n) is 2.47. The minimum atomic E-state index is 0.141. The van der Waals surface area contributed by atoms with E-state index < -0.39 is 0 Å². The van der Waals surface area contributed by atoms with Crippen LogP contribution in [0.25, 0.3) is 0 Å². The van der Waals surface area contributed by atoms with E-state index in [1.54, 1.807) is 18.1 Å². The molecule has 1 amide bonds. The molecule has 5 heteroatoms. The number of rotatable bonds is 5. The van der Waals surface area contributed by atoms with Crippen molar-refractivity contribution in [2.75, 3.05) is 7.05 Å². The summed E-state index contributed by atoms with van der Waals surface area (Å²) in [5.74, 6) is 0.141. The van der Waals surface area contributed by atoms with Crippen molar-refractivity contribution in [3.8, 4) is 0 Å². The molecule has 0 aromatic carbocycles. The normalized spacial score (nSPS) is 10.5. The molecule has 0 aliphatic carbocycles. The van der Waals surface area contributed by atoms with Gasteiger partial charge < -0.3 is 4.90 Å². The molecule has 0 aliphatic rings. The zero-order valence-electron chi connectivity index (χ0n) is 10.0. The topological polar surface area (TPSA) is 38.1 Å². The summed E-state index contributed by atoms with van der Waals surface area (Å²) >= 11 is 6.03. The Bertz CT molecular complexity index is 362. The lowest BCUT2D eigenvalue weighted by molar-refractivity contribution is -0.130. The lowest BCUT2D eigenvalue weighted by Crippen LogP contribution is -2.27. The second-order valence-corrected chi connectivity index (χ2v) is 4.16. The number of carbonyl (C=O) groups is 1. The van der Waals surface area contributed by atoms with Gasteiger partial charge in [-0.05, 0) is 13.3 Å². The second-order valence-electron chi connectivity index (χ2n) is 3.75. The fraction of sp³-hybridized carbons (Fsp3) is 0.636. The largest absolute Gasteiger partial charge is 0.340 e. The Kier molecular flexibility index (Phi) is 4.80. The first kappa shape index (κ1) is 13.0. The van der Waals surface area contributed by atoms with Gasteiger partial charge in [-0.15, -0.1) is 0 Å². The molecule has 1 aromatic heterocycles. The highest BCUT2D eigenvalue weighted by molar-refractivity contribution is 6.31. The number of nitrogens with zero attached hydrogens (tertiary/aromatic N) is 3. The van der Waals surface area contributed by atoms with Crippen LogP contribution >= 0.6 is 11.6 Å². The van der Waals surface area contributed by atoms with Crippen LogP contribution < -0.4 is 0 Å². The van der Waals surface area contributed by atoms with Crippen LogP contribution in [0.1, 0.15) is 32.4 Å². The average Bonchev–Trinajstić information content (AvgIpc) is 2.60. The Morgan fingerprint density at radius 1 is 1.56 bits per heavy atom. The maximum Gasteiger partial charge on any atom is 0.222 e. The van der Waals surface area contributed by atoms with Crippen molar-refractivity contribution in [3.63, 3.8) is 0 Å². The fourth-order valence-electron chi connectivity index (χ4n) is 1.54. The minimum Gasteiger partial charge on any atom is -0.340 e. The molecule has 0 saturated carbocycles. The van der Waals surface area contributed by atoms with E-state index in [9.17, 15) is 4.79 Å². The number of aryl methyl sites for hydroxylation is 1. The molecule has 0 saturated heterocycles. The predicted molar refractivity (Wildman–Crippen MR) is 64.3 cm³/mol. The number of carbonyl (C=O) groups excluding carboxylic acids is 1. The van der Waals surface area contributed by atoms with Crippen LogP contribution in [-0.4, -0.2) is 27.6 Å². The number of aromatic nitrogens is 2. The minimum absolute atomic E-state index is 0.141. The molecule has 0 radical (unpaired) electrons. The Morgan fingerprint density at radius 2 is 2.25 bits per heavy atom. The summed E-state index contributed by atoms with van der Waals surface area (Å²) in [6.45, 7) is 5.28. The highest BCUT2D eigenvalue weighted by atomic mass is 35.5. The van der Waals surface area contributed by atoms with Crippen molar-refractivity contribution in [2.24, 2.45) is 0 Å². The highest BCUT2D eigenvalue weighted by Gasteiger charge is 2.13. The van der Waals surface area contributed by atoms with E-state index in [1.165, 1.54) is 0 Å². The Morgan fingerprint density at radius 3 is 2.81 bits per heavy atom. The van der Waals surface area contributed by atoms with Gasteiger partial charge in [0.05, 0.1) is 23.5 Å². The molecule has 0 N–H and O–H groups in total. The standard InChI is InChI=1S/C11H18ClN3O/c1-4-6-11(16)14(3)8-10-9(12)7-13-15(10)5-2/h7H,4-6,8H2,1-3H3. The van der Waals surface area contributed by atoms with E-state index in [-0.39, 0.29) is 5.91 Å². The molecule has 0 atom stereocenters. The van der Waals surface area contributed by atoms with E-state index in [0.29, 0.717) is 18.0 Å². The van der Waals surface area contributed by atoms with Gasteiger partial charge in [0.25, 0.3) is 0 Å². The van der Waals surface area contributed by atoms with Gasteiger partial charge in [0.1, 0.15) is 0 Å².